The van der Waals surface area contributed by atoms with E-state index in [1.165, 1.54) is 0 Å². The number of aryl methyl sites for hydroxylation is 1. The van der Waals surface area contributed by atoms with Crippen molar-refractivity contribution >= 4 is 11.6 Å². The van der Waals surface area contributed by atoms with Crippen LogP contribution in [0.4, 0.5) is 0 Å². The van der Waals surface area contributed by atoms with Gasteiger partial charge in [0.1, 0.15) is 11.3 Å². The highest BCUT2D eigenvalue weighted by Gasteiger charge is 2.18. The predicted octanol–water partition coefficient (Wildman–Crippen LogP) is 2.93. The second-order valence-corrected chi connectivity index (χ2v) is 5.67. The summed E-state index contributed by atoms with van der Waals surface area (Å²) < 4.78 is 6.80. The number of fused-ring (bicyclic) bond motifs is 1. The van der Waals surface area contributed by atoms with E-state index in [9.17, 15) is 4.79 Å². The largest absolute Gasteiger partial charge is 0.497 e. The maximum atomic E-state index is 12.6. The van der Waals surface area contributed by atoms with Crippen LogP contribution in [0.3, 0.4) is 0 Å². The molecule has 0 saturated carbocycles. The molecule has 2 aromatic heterocycles. The van der Waals surface area contributed by atoms with Crippen molar-refractivity contribution in [1.29, 1.82) is 0 Å². The van der Waals surface area contributed by atoms with E-state index < -0.39 is 0 Å². The van der Waals surface area contributed by atoms with Crippen molar-refractivity contribution in [2.24, 2.45) is 0 Å². The van der Waals surface area contributed by atoms with Gasteiger partial charge in [-0.2, -0.15) is 5.10 Å². The molecule has 1 atom stereocenters. The molecule has 6 nitrogen and oxygen atoms in total. The monoisotopic (exact) mass is 324 g/mol. The molecule has 6 heteroatoms. The molecular weight excluding hydrogens is 304 g/mol. The number of amides is 1. The van der Waals surface area contributed by atoms with Gasteiger partial charge in [-0.25, -0.2) is 9.50 Å². The SMILES string of the molecule is CC[C@@H](NC(=O)c1cnn2cc(C)cnc12)c1ccc(OC)cc1. The minimum absolute atomic E-state index is 0.0798. The number of methoxy groups -OCH3 is 1. The average Bonchev–Trinajstić information content (AvgIpc) is 3.02. The van der Waals surface area contributed by atoms with Crippen molar-refractivity contribution < 1.29 is 9.53 Å². The van der Waals surface area contributed by atoms with Crippen LogP contribution in [0.2, 0.25) is 0 Å². The summed E-state index contributed by atoms with van der Waals surface area (Å²) in [6, 6.07) is 7.63. The summed E-state index contributed by atoms with van der Waals surface area (Å²) in [6.45, 7) is 3.97. The number of carbonyl (C=O) groups excluding carboxylic acids is 1. The van der Waals surface area contributed by atoms with E-state index in [1.54, 1.807) is 24.0 Å². The van der Waals surface area contributed by atoms with Gasteiger partial charge in [-0.3, -0.25) is 4.79 Å². The molecule has 0 aliphatic heterocycles. The third kappa shape index (κ3) is 3.08. The maximum absolute atomic E-state index is 12.6. The quantitative estimate of drug-likeness (QED) is 0.783. The number of ether oxygens (including phenoxy) is 1. The summed E-state index contributed by atoms with van der Waals surface area (Å²) in [5.74, 6) is 0.617. The first-order valence-corrected chi connectivity index (χ1v) is 7.87. The third-order valence-electron chi connectivity index (χ3n) is 3.96. The van der Waals surface area contributed by atoms with Crippen LogP contribution in [-0.4, -0.2) is 27.6 Å². The minimum Gasteiger partial charge on any atom is -0.497 e. The lowest BCUT2D eigenvalue weighted by molar-refractivity contribution is 0.0937. The van der Waals surface area contributed by atoms with Gasteiger partial charge in [-0.05, 0) is 36.6 Å². The van der Waals surface area contributed by atoms with E-state index in [1.807, 2.05) is 44.3 Å². The maximum Gasteiger partial charge on any atom is 0.257 e. The molecule has 1 amide bonds. The van der Waals surface area contributed by atoms with Crippen LogP contribution >= 0.6 is 0 Å². The van der Waals surface area contributed by atoms with Gasteiger partial charge in [0.25, 0.3) is 5.91 Å². The Balaban J connectivity index is 1.82. The fourth-order valence-corrected chi connectivity index (χ4v) is 2.62. The highest BCUT2D eigenvalue weighted by Crippen LogP contribution is 2.21. The summed E-state index contributed by atoms with van der Waals surface area (Å²) >= 11 is 0. The van der Waals surface area contributed by atoms with Crippen LogP contribution in [0, 0.1) is 6.92 Å². The molecule has 0 spiro atoms. The second kappa shape index (κ2) is 6.70. The van der Waals surface area contributed by atoms with Crippen molar-refractivity contribution in [3.63, 3.8) is 0 Å². The molecule has 2 heterocycles. The molecule has 0 fully saturated rings. The molecule has 124 valence electrons. The third-order valence-corrected chi connectivity index (χ3v) is 3.96. The lowest BCUT2D eigenvalue weighted by atomic mass is 10.0. The molecule has 0 aliphatic carbocycles. The van der Waals surface area contributed by atoms with Gasteiger partial charge in [0.2, 0.25) is 0 Å². The van der Waals surface area contributed by atoms with Crippen molar-refractivity contribution in [3.05, 3.63) is 59.5 Å². The zero-order valence-electron chi connectivity index (χ0n) is 14.0. The molecule has 1 N–H and O–H groups in total. The van der Waals surface area contributed by atoms with Gasteiger partial charge >= 0.3 is 0 Å². The van der Waals surface area contributed by atoms with Gasteiger partial charge in [-0.15, -0.1) is 0 Å². The zero-order valence-corrected chi connectivity index (χ0v) is 14.0. The number of benzene rings is 1. The molecule has 3 aromatic rings. The molecule has 0 radical (unpaired) electrons. The number of carbonyl (C=O) groups is 1. The number of hydrogen-bond acceptors (Lipinski definition) is 4. The van der Waals surface area contributed by atoms with Crippen LogP contribution in [-0.2, 0) is 0 Å². The van der Waals surface area contributed by atoms with Crippen molar-refractivity contribution in [3.8, 4) is 5.75 Å². The van der Waals surface area contributed by atoms with E-state index in [2.05, 4.69) is 15.4 Å². The van der Waals surface area contributed by atoms with E-state index >= 15 is 0 Å². The summed E-state index contributed by atoms with van der Waals surface area (Å²) in [6.07, 6.45) is 5.91. The van der Waals surface area contributed by atoms with Gasteiger partial charge in [0, 0.05) is 12.4 Å². The molecule has 0 unspecified atom stereocenters. The molecular formula is C18H20N4O2. The number of hydrogen-bond donors (Lipinski definition) is 1. The summed E-state index contributed by atoms with van der Waals surface area (Å²) in [7, 11) is 1.63. The normalized spacial score (nSPS) is 12.1. The molecule has 24 heavy (non-hydrogen) atoms. The first-order valence-electron chi connectivity index (χ1n) is 7.87. The average molecular weight is 324 g/mol. The number of rotatable bonds is 5. The van der Waals surface area contributed by atoms with E-state index in [0.29, 0.717) is 11.2 Å². The van der Waals surface area contributed by atoms with Gasteiger partial charge in [0.05, 0.1) is 19.3 Å². The van der Waals surface area contributed by atoms with Crippen LogP contribution in [0.5, 0.6) is 5.75 Å². The van der Waals surface area contributed by atoms with Crippen LogP contribution in [0.25, 0.3) is 5.65 Å². The van der Waals surface area contributed by atoms with E-state index in [0.717, 1.165) is 23.3 Å². The fraction of sp³-hybridized carbons (Fsp3) is 0.278. The Hall–Kier alpha value is -2.89. The molecule has 0 aliphatic rings. The summed E-state index contributed by atoms with van der Waals surface area (Å²) in [5, 5.41) is 7.26. The first-order chi connectivity index (χ1) is 11.6. The van der Waals surface area contributed by atoms with Crippen LogP contribution in [0.1, 0.15) is 40.9 Å². The van der Waals surface area contributed by atoms with Gasteiger partial charge in [0.15, 0.2) is 5.65 Å². The Bertz CT molecular complexity index is 855. The zero-order chi connectivity index (χ0) is 17.1. The molecule has 0 bridgehead atoms. The van der Waals surface area contributed by atoms with Crippen molar-refractivity contribution in [1.82, 2.24) is 19.9 Å². The molecule has 3 rings (SSSR count). The molecule has 0 saturated heterocycles. The molecule has 1 aromatic carbocycles. The minimum atomic E-state index is -0.177. The number of aromatic nitrogens is 3. The van der Waals surface area contributed by atoms with Crippen molar-refractivity contribution in [2.45, 2.75) is 26.3 Å². The lowest BCUT2D eigenvalue weighted by Crippen LogP contribution is -2.28. The Labute approximate surface area is 140 Å². The second-order valence-electron chi connectivity index (χ2n) is 5.67. The fourth-order valence-electron chi connectivity index (χ4n) is 2.62. The van der Waals surface area contributed by atoms with Gasteiger partial charge in [-0.1, -0.05) is 19.1 Å². The summed E-state index contributed by atoms with van der Waals surface area (Å²) in [5.41, 5.74) is 3.05. The Morgan fingerprint density at radius 3 is 2.71 bits per heavy atom. The standard InChI is InChI=1S/C18H20N4O2/c1-4-16(13-5-7-14(24-3)8-6-13)21-18(23)15-10-20-22-11-12(2)9-19-17(15)22/h5-11,16H,4H2,1-3H3,(H,21,23)/t16-/m1/s1. The highest BCUT2D eigenvalue weighted by molar-refractivity contribution is 5.99. The van der Waals surface area contributed by atoms with Gasteiger partial charge < -0.3 is 10.1 Å². The summed E-state index contributed by atoms with van der Waals surface area (Å²) in [4.78, 5) is 17.0. The highest BCUT2D eigenvalue weighted by atomic mass is 16.5. The number of nitrogens with one attached hydrogen (secondary N) is 1. The van der Waals surface area contributed by atoms with Crippen LogP contribution < -0.4 is 10.1 Å². The van der Waals surface area contributed by atoms with E-state index in [4.69, 9.17) is 4.74 Å². The Morgan fingerprint density at radius 2 is 2.04 bits per heavy atom. The topological polar surface area (TPSA) is 68.5 Å². The Morgan fingerprint density at radius 1 is 1.29 bits per heavy atom. The lowest BCUT2D eigenvalue weighted by Gasteiger charge is -2.17. The number of nitrogens with zero attached hydrogens (tertiary/aromatic N) is 3. The van der Waals surface area contributed by atoms with Crippen LogP contribution in [0.15, 0.2) is 42.9 Å². The first kappa shape index (κ1) is 16.0. The van der Waals surface area contributed by atoms with Crippen molar-refractivity contribution in [2.75, 3.05) is 7.11 Å². The van der Waals surface area contributed by atoms with E-state index in [-0.39, 0.29) is 11.9 Å². The smallest absolute Gasteiger partial charge is 0.257 e. The Kier molecular flexibility index (Phi) is 4.46. The predicted molar refractivity (Wildman–Crippen MR) is 91.2 cm³/mol.